The minimum atomic E-state index is -0.604. The Balaban J connectivity index is 2.39. The summed E-state index contributed by atoms with van der Waals surface area (Å²) < 4.78 is 5.09. The Morgan fingerprint density at radius 1 is 1.45 bits per heavy atom. The third kappa shape index (κ3) is 2.75. The highest BCUT2D eigenvalue weighted by atomic mass is 35.5. The van der Waals surface area contributed by atoms with Gasteiger partial charge in [-0.2, -0.15) is 0 Å². The van der Waals surface area contributed by atoms with Crippen LogP contribution in [0.15, 0.2) is 27.7 Å². The van der Waals surface area contributed by atoms with Gasteiger partial charge in [-0.15, -0.1) is 0 Å². The topological polar surface area (TPSA) is 67.6 Å². The summed E-state index contributed by atoms with van der Waals surface area (Å²) in [6.07, 6.45) is 0. The van der Waals surface area contributed by atoms with Crippen LogP contribution in [-0.4, -0.2) is 22.4 Å². The molecule has 1 heterocycles. The summed E-state index contributed by atoms with van der Waals surface area (Å²) in [6.45, 7) is 2.39. The third-order valence-corrected chi connectivity index (χ3v) is 3.77. The fourth-order valence-electron chi connectivity index (χ4n) is 1.96. The maximum Gasteiger partial charge on any atom is 0.292 e. The Morgan fingerprint density at radius 2 is 2.15 bits per heavy atom. The number of fused-ring (bicyclic) bond motifs is 1. The highest BCUT2D eigenvalue weighted by Crippen LogP contribution is 2.41. The predicted molar refractivity (Wildman–Crippen MR) is 79.0 cm³/mol. The molecular formula is C12H11Cl3N2O3. The van der Waals surface area contributed by atoms with Crippen molar-refractivity contribution in [2.24, 2.45) is 0 Å². The van der Waals surface area contributed by atoms with Crippen molar-refractivity contribution in [2.45, 2.75) is 13.0 Å². The summed E-state index contributed by atoms with van der Waals surface area (Å²) in [5.74, 6) is 0.657. The lowest BCUT2D eigenvalue weighted by Crippen LogP contribution is -2.34. The summed E-state index contributed by atoms with van der Waals surface area (Å²) in [6, 6.07) is 4.76. The summed E-state index contributed by atoms with van der Waals surface area (Å²) >= 11 is 17.0. The molecule has 1 aromatic rings. The van der Waals surface area contributed by atoms with Gasteiger partial charge in [0.25, 0.3) is 5.71 Å². The lowest BCUT2D eigenvalue weighted by Gasteiger charge is -2.31. The molecule has 0 spiro atoms. The molecule has 8 heteroatoms. The molecule has 0 radical (unpaired) electrons. The molecule has 108 valence electrons. The lowest BCUT2D eigenvalue weighted by atomic mass is 9.92. The molecule has 20 heavy (non-hydrogen) atoms. The second-order valence-corrected chi connectivity index (χ2v) is 5.32. The van der Waals surface area contributed by atoms with Crippen LogP contribution in [0.3, 0.4) is 0 Å². The fourth-order valence-corrected chi connectivity index (χ4v) is 2.33. The highest BCUT2D eigenvalue weighted by Gasteiger charge is 2.39. The van der Waals surface area contributed by atoms with Crippen LogP contribution in [0.25, 0.3) is 0 Å². The Hall–Kier alpha value is -1.30. The zero-order chi connectivity index (χ0) is 14.9. The van der Waals surface area contributed by atoms with Gasteiger partial charge >= 0.3 is 0 Å². The molecule has 0 saturated heterocycles. The van der Waals surface area contributed by atoms with Gasteiger partial charge in [-0.1, -0.05) is 34.8 Å². The van der Waals surface area contributed by atoms with E-state index in [1.54, 1.807) is 18.2 Å². The largest absolute Gasteiger partial charge is 0.494 e. The van der Waals surface area contributed by atoms with Crippen molar-refractivity contribution < 1.29 is 14.8 Å². The van der Waals surface area contributed by atoms with Gasteiger partial charge in [-0.05, 0) is 25.1 Å². The Kier molecular flexibility index (Phi) is 4.52. The van der Waals surface area contributed by atoms with E-state index in [9.17, 15) is 10.4 Å². The SMILES string of the molecule is CCOc1ccc2c(c1)C(/C(C(Cl)=C(Cl)Cl)=[N+](/[O-])O)N2. The normalized spacial score (nSPS) is 17.3. The van der Waals surface area contributed by atoms with Gasteiger partial charge in [0, 0.05) is 16.2 Å². The first-order valence-electron chi connectivity index (χ1n) is 5.73. The van der Waals surface area contributed by atoms with E-state index in [0.717, 1.165) is 11.3 Å². The van der Waals surface area contributed by atoms with Crippen LogP contribution in [-0.2, 0) is 0 Å². The van der Waals surface area contributed by atoms with Crippen molar-refractivity contribution in [1.29, 1.82) is 0 Å². The molecule has 1 aliphatic heterocycles. The Labute approximate surface area is 130 Å². The summed E-state index contributed by atoms with van der Waals surface area (Å²) in [5.41, 5.74) is 1.40. The lowest BCUT2D eigenvalue weighted by molar-refractivity contribution is -0.726. The molecule has 0 aromatic heterocycles. The number of ether oxygens (including phenoxy) is 1. The van der Waals surface area contributed by atoms with Gasteiger partial charge in [-0.3, -0.25) is 5.21 Å². The van der Waals surface area contributed by atoms with E-state index < -0.39 is 6.04 Å². The van der Waals surface area contributed by atoms with E-state index in [0.29, 0.717) is 12.4 Å². The fraction of sp³-hybridized carbons (Fsp3) is 0.250. The molecule has 1 aliphatic rings. The predicted octanol–water partition coefficient (Wildman–Crippen LogP) is 3.78. The second-order valence-electron chi connectivity index (χ2n) is 3.99. The minimum Gasteiger partial charge on any atom is -0.494 e. The number of halogens is 3. The van der Waals surface area contributed by atoms with Crippen molar-refractivity contribution in [3.05, 3.63) is 38.5 Å². The maximum atomic E-state index is 11.3. The number of benzene rings is 1. The van der Waals surface area contributed by atoms with Crippen LogP contribution in [0.2, 0.25) is 0 Å². The van der Waals surface area contributed by atoms with Crippen molar-refractivity contribution in [2.75, 3.05) is 11.9 Å². The maximum absolute atomic E-state index is 11.3. The highest BCUT2D eigenvalue weighted by molar-refractivity contribution is 6.63. The number of hydrogen-bond acceptors (Lipinski definition) is 4. The number of hydrogen-bond donors (Lipinski definition) is 2. The van der Waals surface area contributed by atoms with Crippen LogP contribution >= 0.6 is 34.8 Å². The smallest absolute Gasteiger partial charge is 0.292 e. The number of anilines is 1. The first-order valence-corrected chi connectivity index (χ1v) is 6.86. The van der Waals surface area contributed by atoms with Gasteiger partial charge in [0.05, 0.1) is 6.61 Å². The molecule has 2 N–H and O–H groups in total. The molecule has 0 bridgehead atoms. The molecule has 0 amide bonds. The minimum absolute atomic E-state index is 0.173. The quantitative estimate of drug-likeness (QED) is 0.380. The zero-order valence-corrected chi connectivity index (χ0v) is 12.6. The van der Waals surface area contributed by atoms with E-state index in [4.69, 9.17) is 39.5 Å². The third-order valence-electron chi connectivity index (χ3n) is 2.82. The molecule has 0 fully saturated rings. The molecule has 5 nitrogen and oxygen atoms in total. The van der Waals surface area contributed by atoms with Crippen LogP contribution < -0.4 is 10.1 Å². The first kappa shape index (κ1) is 15.1. The Bertz CT molecular complexity index is 594. The standard InChI is InChI=1S/C12H11Cl3N2O3/c1-2-20-6-3-4-8-7(5-6)10(16-8)11(17(18)19)9(13)12(14)15/h3-5,10,16H,2H2,1H3,(H,18,19). The Morgan fingerprint density at radius 3 is 2.70 bits per heavy atom. The molecule has 0 aliphatic carbocycles. The summed E-state index contributed by atoms with van der Waals surface area (Å²) in [7, 11) is 0. The van der Waals surface area contributed by atoms with Crippen LogP contribution in [0.5, 0.6) is 5.75 Å². The van der Waals surface area contributed by atoms with E-state index in [1.165, 1.54) is 0 Å². The zero-order valence-electron chi connectivity index (χ0n) is 10.4. The van der Waals surface area contributed by atoms with Crippen LogP contribution in [0, 0.1) is 5.21 Å². The van der Waals surface area contributed by atoms with Crippen molar-refractivity contribution >= 4 is 46.2 Å². The second kappa shape index (κ2) is 5.99. The van der Waals surface area contributed by atoms with Gasteiger partial charge in [-0.25, -0.2) is 0 Å². The van der Waals surface area contributed by atoms with E-state index in [-0.39, 0.29) is 20.1 Å². The van der Waals surface area contributed by atoms with Crippen molar-refractivity contribution in [3.8, 4) is 5.75 Å². The van der Waals surface area contributed by atoms with E-state index >= 15 is 0 Å². The first-order chi connectivity index (χ1) is 9.45. The van der Waals surface area contributed by atoms with Crippen LogP contribution in [0.1, 0.15) is 18.5 Å². The molecule has 2 rings (SSSR count). The molecule has 1 atom stereocenters. The molecule has 0 saturated carbocycles. The number of rotatable bonds is 4. The van der Waals surface area contributed by atoms with Gasteiger partial charge in [0.15, 0.2) is 0 Å². The van der Waals surface area contributed by atoms with E-state index in [1.807, 2.05) is 6.92 Å². The molecule has 1 unspecified atom stereocenters. The average molecular weight is 338 g/mol. The van der Waals surface area contributed by atoms with E-state index in [2.05, 4.69) is 5.32 Å². The van der Waals surface area contributed by atoms with Crippen molar-refractivity contribution in [3.63, 3.8) is 0 Å². The van der Waals surface area contributed by atoms with Gasteiger partial charge < -0.3 is 15.3 Å². The van der Waals surface area contributed by atoms with Gasteiger partial charge in [0.1, 0.15) is 21.3 Å². The average Bonchev–Trinajstić information content (AvgIpc) is 2.36. The van der Waals surface area contributed by atoms with Crippen LogP contribution in [0.4, 0.5) is 5.69 Å². The monoisotopic (exact) mass is 336 g/mol. The number of nitrogens with one attached hydrogen (secondary N) is 1. The van der Waals surface area contributed by atoms with Crippen molar-refractivity contribution in [1.82, 2.24) is 0 Å². The summed E-state index contributed by atoms with van der Waals surface area (Å²) in [5, 5.41) is 23.2. The molecular weight excluding hydrogens is 327 g/mol. The number of nitrogens with zero attached hydrogens (tertiary/aromatic N) is 1. The molecule has 1 aromatic carbocycles. The summed E-state index contributed by atoms with van der Waals surface area (Å²) in [4.78, 5) is -0.346. The van der Waals surface area contributed by atoms with Gasteiger partial charge in [0.2, 0.25) is 0 Å².